The fourth-order valence-electron chi connectivity index (χ4n) is 10.7. The number of allylic oxidation sites excluding steroid dienone is 1. The van der Waals surface area contributed by atoms with Gasteiger partial charge >= 0.3 is 17.9 Å². The van der Waals surface area contributed by atoms with Crippen LogP contribution in [0.4, 0.5) is 0 Å². The van der Waals surface area contributed by atoms with E-state index in [1.807, 2.05) is 0 Å². The van der Waals surface area contributed by atoms with E-state index < -0.39 is 42.0 Å². The van der Waals surface area contributed by atoms with Crippen LogP contribution >= 0.6 is 0 Å². The molecule has 0 unspecified atom stereocenters. The molecule has 0 bridgehead atoms. The summed E-state index contributed by atoms with van der Waals surface area (Å²) in [6, 6.07) is 0. The van der Waals surface area contributed by atoms with Gasteiger partial charge < -0.3 is 25.2 Å². The normalized spacial score (nSPS) is 38.2. The number of rotatable bonds is 11. The second kappa shape index (κ2) is 12.1. The van der Waals surface area contributed by atoms with Gasteiger partial charge in [0.15, 0.2) is 0 Å². The lowest BCUT2D eigenvalue weighted by molar-refractivity contribution is -0.175. The van der Waals surface area contributed by atoms with Gasteiger partial charge in [-0.25, -0.2) is 0 Å². The van der Waals surface area contributed by atoms with Crippen molar-refractivity contribution in [3.8, 4) is 0 Å². The third-order valence-corrected chi connectivity index (χ3v) is 13.8. The molecule has 0 aromatic carbocycles. The molecule has 0 aromatic heterocycles. The van der Waals surface area contributed by atoms with E-state index in [2.05, 4.69) is 48.1 Å². The molecule has 0 aliphatic heterocycles. The fraction of sp³-hybridized carbons (Fsp3) is 0.811. The van der Waals surface area contributed by atoms with Crippen LogP contribution in [0.1, 0.15) is 126 Å². The number of aliphatic hydroxyl groups excluding tert-OH is 1. The summed E-state index contributed by atoms with van der Waals surface area (Å²) in [7, 11) is 0. The van der Waals surface area contributed by atoms with Crippen LogP contribution in [-0.4, -0.2) is 56.1 Å². The van der Waals surface area contributed by atoms with Gasteiger partial charge in [-0.1, -0.05) is 64.8 Å². The van der Waals surface area contributed by atoms with Crippen molar-refractivity contribution < 1.29 is 39.5 Å². The van der Waals surface area contributed by atoms with Gasteiger partial charge in [0.25, 0.3) is 0 Å². The van der Waals surface area contributed by atoms with Crippen LogP contribution in [0.3, 0.4) is 0 Å². The van der Waals surface area contributed by atoms with E-state index in [9.17, 15) is 29.7 Å². The van der Waals surface area contributed by atoms with Crippen LogP contribution in [0, 0.1) is 45.3 Å². The van der Waals surface area contributed by atoms with Crippen molar-refractivity contribution >= 4 is 17.9 Å². The molecule has 254 valence electrons. The number of ether oxygens (including phenoxy) is 1. The molecule has 4 aliphatic rings. The molecule has 0 heterocycles. The molecule has 2 fully saturated rings. The molecule has 0 radical (unpaired) electrons. The Hall–Kier alpha value is -2.19. The van der Waals surface area contributed by atoms with Gasteiger partial charge in [0, 0.05) is 10.8 Å². The molecule has 4 rings (SSSR count). The Bertz CT molecular complexity index is 1250. The van der Waals surface area contributed by atoms with Gasteiger partial charge in [0.2, 0.25) is 0 Å². The van der Waals surface area contributed by atoms with Crippen LogP contribution in [0.15, 0.2) is 23.3 Å². The Morgan fingerprint density at radius 2 is 1.64 bits per heavy atom. The van der Waals surface area contributed by atoms with Crippen molar-refractivity contribution in [3.63, 3.8) is 0 Å². The Labute approximate surface area is 269 Å². The zero-order valence-corrected chi connectivity index (χ0v) is 28.9. The minimum Gasteiger partial charge on any atom is -0.481 e. The van der Waals surface area contributed by atoms with Crippen molar-refractivity contribution in [1.29, 1.82) is 0 Å². The quantitative estimate of drug-likeness (QED) is 0.142. The van der Waals surface area contributed by atoms with Crippen LogP contribution in [-0.2, 0) is 19.1 Å². The lowest BCUT2D eigenvalue weighted by Crippen LogP contribution is -2.58. The molecule has 2 saturated carbocycles. The van der Waals surface area contributed by atoms with Crippen molar-refractivity contribution in [2.24, 2.45) is 45.3 Å². The highest BCUT2D eigenvalue weighted by atomic mass is 16.5. The predicted octanol–water partition coefficient (Wildman–Crippen LogP) is 6.93. The molecule has 0 saturated heterocycles. The Morgan fingerprint density at radius 3 is 2.24 bits per heavy atom. The van der Waals surface area contributed by atoms with E-state index in [1.54, 1.807) is 6.92 Å². The molecule has 4 aliphatic carbocycles. The number of esters is 1. The molecule has 8 heteroatoms. The van der Waals surface area contributed by atoms with Gasteiger partial charge in [-0.15, -0.1) is 0 Å². The predicted molar refractivity (Wildman–Crippen MR) is 172 cm³/mol. The first-order valence-electron chi connectivity index (χ1n) is 17.1. The second-order valence-electron chi connectivity index (χ2n) is 16.8. The fourth-order valence-corrected chi connectivity index (χ4v) is 10.7. The summed E-state index contributed by atoms with van der Waals surface area (Å²) in [6.07, 6.45) is 6.01. The second-order valence-corrected chi connectivity index (χ2v) is 16.8. The van der Waals surface area contributed by atoms with Gasteiger partial charge in [-0.3, -0.25) is 14.4 Å². The van der Waals surface area contributed by atoms with Gasteiger partial charge in [0.1, 0.15) is 6.10 Å². The first-order chi connectivity index (χ1) is 20.6. The summed E-state index contributed by atoms with van der Waals surface area (Å²) in [5, 5.41) is 41.0. The van der Waals surface area contributed by atoms with Gasteiger partial charge in [-0.05, 0) is 100 Å². The summed E-state index contributed by atoms with van der Waals surface area (Å²) in [6.45, 7) is 20.8. The number of carbonyl (C=O) groups is 3. The highest BCUT2D eigenvalue weighted by Crippen LogP contribution is 2.72. The Kier molecular flexibility index (Phi) is 9.60. The van der Waals surface area contributed by atoms with E-state index in [1.165, 1.54) is 18.1 Å². The van der Waals surface area contributed by atoms with E-state index in [0.29, 0.717) is 31.1 Å². The molecule has 8 nitrogen and oxygen atoms in total. The molecule has 45 heavy (non-hydrogen) atoms. The number of hydrogen-bond acceptors (Lipinski definition) is 6. The Morgan fingerprint density at radius 1 is 1.00 bits per heavy atom. The summed E-state index contributed by atoms with van der Waals surface area (Å²) in [5.41, 5.74) is 1.17. The van der Waals surface area contributed by atoms with E-state index >= 15 is 0 Å². The molecule has 0 spiro atoms. The molecule has 0 aromatic rings. The summed E-state index contributed by atoms with van der Waals surface area (Å²) < 4.78 is 5.99. The first-order valence-corrected chi connectivity index (χ1v) is 17.1. The SMILES string of the molecule is C=C(CC[C@@H](C)[C@H]1CC[C@@]2(C)C3=C(C[C@H](O)[C@]12C)[C@@]1(C)CC[C@@H](OC(=O)C[C@@](C)(O)CC(=O)O)C(C)(C)[C@@H]1CC3)[C@H](C)C(=O)O. The van der Waals surface area contributed by atoms with Crippen molar-refractivity contribution in [1.82, 2.24) is 0 Å². The van der Waals surface area contributed by atoms with Crippen LogP contribution in [0.5, 0.6) is 0 Å². The topological polar surface area (TPSA) is 141 Å². The number of hydrogen-bond donors (Lipinski definition) is 4. The summed E-state index contributed by atoms with van der Waals surface area (Å²) >= 11 is 0. The average Bonchev–Trinajstić information content (AvgIpc) is 3.20. The highest BCUT2D eigenvalue weighted by Gasteiger charge is 2.66. The van der Waals surface area contributed by atoms with Crippen molar-refractivity contribution in [2.45, 2.75) is 144 Å². The maximum absolute atomic E-state index is 12.9. The minimum atomic E-state index is -1.66. The third kappa shape index (κ3) is 6.03. The lowest BCUT2D eigenvalue weighted by Gasteiger charge is -2.63. The number of aliphatic hydroxyl groups is 2. The maximum Gasteiger partial charge on any atom is 0.310 e. The first kappa shape index (κ1) is 35.7. The molecule has 4 N–H and O–H groups in total. The number of carboxylic acids is 2. The Balaban J connectivity index is 1.55. The van der Waals surface area contributed by atoms with E-state index in [4.69, 9.17) is 9.84 Å². The number of fused-ring (bicyclic) bond motifs is 4. The molecular formula is C37H58O8. The molecular weight excluding hydrogens is 572 g/mol. The molecule has 0 amide bonds. The number of carboxylic acid groups (broad SMARTS) is 2. The van der Waals surface area contributed by atoms with E-state index in [0.717, 1.165) is 44.1 Å². The minimum absolute atomic E-state index is 0.124. The highest BCUT2D eigenvalue weighted by molar-refractivity contribution is 5.74. The summed E-state index contributed by atoms with van der Waals surface area (Å²) in [5.74, 6) is -2.21. The number of aliphatic carboxylic acids is 2. The monoisotopic (exact) mass is 630 g/mol. The maximum atomic E-state index is 12.9. The molecule has 10 atom stereocenters. The lowest BCUT2D eigenvalue weighted by atomic mass is 9.42. The third-order valence-electron chi connectivity index (χ3n) is 13.8. The van der Waals surface area contributed by atoms with Gasteiger partial charge in [0.05, 0.1) is 30.5 Å². The van der Waals surface area contributed by atoms with Crippen molar-refractivity contribution in [3.05, 3.63) is 23.3 Å². The zero-order valence-electron chi connectivity index (χ0n) is 28.9. The van der Waals surface area contributed by atoms with Crippen LogP contribution in [0.2, 0.25) is 0 Å². The average molecular weight is 631 g/mol. The zero-order chi connectivity index (χ0) is 33.9. The van der Waals surface area contributed by atoms with Crippen LogP contribution < -0.4 is 0 Å². The largest absolute Gasteiger partial charge is 0.481 e. The standard InChI is InChI=1S/C37H58O8/c1-21(23(3)32(42)43)10-11-22(2)24-14-17-36(8)25-12-13-27-33(4,5)29(45-31(41)20-34(6,44)19-30(39)40)15-16-35(27,7)26(25)18-28(38)37(24,36)9/h22-24,27-29,38,44H,1,10-20H2,2-9H3,(H,39,40)(H,42,43)/t22-,23+,24-,27+,28+,29-,34+,35-,36+,37+/m1/s1. The van der Waals surface area contributed by atoms with Crippen molar-refractivity contribution in [2.75, 3.05) is 0 Å². The number of carbonyl (C=O) groups excluding carboxylic acids is 1. The van der Waals surface area contributed by atoms with Gasteiger partial charge in [-0.2, -0.15) is 0 Å². The van der Waals surface area contributed by atoms with Crippen LogP contribution in [0.25, 0.3) is 0 Å². The van der Waals surface area contributed by atoms with E-state index in [-0.39, 0.29) is 40.1 Å². The summed E-state index contributed by atoms with van der Waals surface area (Å²) in [4.78, 5) is 35.5. The smallest absolute Gasteiger partial charge is 0.310 e.